The number of hydrogen-bond donors (Lipinski definition) is 1. The fourth-order valence-corrected chi connectivity index (χ4v) is 1.36. The third-order valence-electron chi connectivity index (χ3n) is 1.59. The first-order valence-electron chi connectivity index (χ1n) is 3.32. The largest absolute Gasteiger partial charge is 0.375 e. The van der Waals surface area contributed by atoms with Gasteiger partial charge in [0.1, 0.15) is 5.78 Å². The van der Waals surface area contributed by atoms with E-state index in [9.17, 15) is 4.79 Å². The van der Waals surface area contributed by atoms with Gasteiger partial charge in [-0.3, -0.25) is 4.79 Å². The van der Waals surface area contributed by atoms with Gasteiger partial charge in [0.2, 0.25) is 0 Å². The molecule has 0 fully saturated rings. The van der Waals surface area contributed by atoms with Crippen LogP contribution in [0.25, 0.3) is 0 Å². The van der Waals surface area contributed by atoms with Crippen LogP contribution in [0.3, 0.4) is 0 Å². The molecule has 2 N–H and O–H groups in total. The summed E-state index contributed by atoms with van der Waals surface area (Å²) in [6.07, 6.45) is 0. The minimum Gasteiger partial charge on any atom is -0.375 e. The van der Waals surface area contributed by atoms with Crippen LogP contribution >= 0.6 is 11.3 Å². The van der Waals surface area contributed by atoms with Gasteiger partial charge in [0.25, 0.3) is 0 Å². The maximum absolute atomic E-state index is 10.9. The van der Waals surface area contributed by atoms with Gasteiger partial charge < -0.3 is 5.73 Å². The van der Waals surface area contributed by atoms with Crippen molar-refractivity contribution >= 4 is 22.3 Å². The first-order chi connectivity index (χ1) is 5.11. The lowest BCUT2D eigenvalue weighted by atomic mass is 10.1. The summed E-state index contributed by atoms with van der Waals surface area (Å²) in [6.45, 7) is 3.39. The molecule has 0 bridgehead atoms. The van der Waals surface area contributed by atoms with Crippen LogP contribution in [0.5, 0.6) is 0 Å². The average molecular weight is 170 g/mol. The van der Waals surface area contributed by atoms with Crippen LogP contribution < -0.4 is 5.73 Å². The molecule has 4 heteroatoms. The zero-order valence-corrected chi connectivity index (χ0v) is 7.31. The lowest BCUT2D eigenvalue weighted by molar-refractivity contribution is -0.118. The van der Waals surface area contributed by atoms with E-state index in [1.54, 1.807) is 6.92 Å². The molecule has 60 valence electrons. The standard InChI is InChI=1S/C7H10N2OS/c1-4(5(2)10)6-3-11-7(8)9-6/h3-4H,1-2H3,(H2,8,9)/t4-/m0/s1. The van der Waals surface area contributed by atoms with Crippen LogP contribution in [0.2, 0.25) is 0 Å². The van der Waals surface area contributed by atoms with E-state index in [-0.39, 0.29) is 11.7 Å². The molecular weight excluding hydrogens is 160 g/mol. The average Bonchev–Trinajstić information content (AvgIpc) is 2.34. The zero-order valence-electron chi connectivity index (χ0n) is 6.50. The number of ketones is 1. The molecule has 0 unspecified atom stereocenters. The van der Waals surface area contributed by atoms with Crippen molar-refractivity contribution < 1.29 is 4.79 Å². The highest BCUT2D eigenvalue weighted by Gasteiger charge is 2.12. The molecule has 1 rings (SSSR count). The number of rotatable bonds is 2. The number of hydrogen-bond acceptors (Lipinski definition) is 4. The second-order valence-electron chi connectivity index (χ2n) is 2.44. The van der Waals surface area contributed by atoms with Crippen molar-refractivity contribution in [2.24, 2.45) is 0 Å². The molecule has 0 aromatic carbocycles. The monoisotopic (exact) mass is 170 g/mol. The van der Waals surface area contributed by atoms with Gasteiger partial charge >= 0.3 is 0 Å². The Morgan fingerprint density at radius 2 is 2.45 bits per heavy atom. The topological polar surface area (TPSA) is 56.0 Å². The number of nitrogens with two attached hydrogens (primary N) is 1. The van der Waals surface area contributed by atoms with E-state index >= 15 is 0 Å². The molecule has 0 aliphatic heterocycles. The van der Waals surface area contributed by atoms with Crippen molar-refractivity contribution in [3.8, 4) is 0 Å². The SMILES string of the molecule is CC(=O)[C@H](C)c1csc(N)n1. The number of aromatic nitrogens is 1. The van der Waals surface area contributed by atoms with Gasteiger partial charge in [-0.2, -0.15) is 0 Å². The van der Waals surface area contributed by atoms with Crippen molar-refractivity contribution in [1.82, 2.24) is 4.98 Å². The summed E-state index contributed by atoms with van der Waals surface area (Å²) in [5, 5.41) is 2.34. The minimum atomic E-state index is -0.122. The van der Waals surface area contributed by atoms with E-state index in [1.165, 1.54) is 11.3 Å². The van der Waals surface area contributed by atoms with Gasteiger partial charge in [-0.05, 0) is 13.8 Å². The van der Waals surface area contributed by atoms with Gasteiger partial charge in [0.15, 0.2) is 5.13 Å². The smallest absolute Gasteiger partial charge is 0.180 e. The minimum absolute atomic E-state index is 0.121. The normalized spacial score (nSPS) is 12.9. The summed E-state index contributed by atoms with van der Waals surface area (Å²) >= 11 is 1.36. The summed E-state index contributed by atoms with van der Waals surface area (Å²) in [7, 11) is 0. The first-order valence-corrected chi connectivity index (χ1v) is 4.20. The van der Waals surface area contributed by atoms with Gasteiger partial charge in [-0.25, -0.2) is 4.98 Å². The lowest BCUT2D eigenvalue weighted by Gasteiger charge is -2.00. The van der Waals surface area contributed by atoms with Crippen molar-refractivity contribution in [3.05, 3.63) is 11.1 Å². The molecule has 0 saturated heterocycles. The van der Waals surface area contributed by atoms with Gasteiger partial charge in [0, 0.05) is 5.38 Å². The molecule has 1 aromatic rings. The Bertz CT molecular complexity index is 269. The third kappa shape index (κ3) is 1.77. The molecule has 0 aliphatic rings. The lowest BCUT2D eigenvalue weighted by Crippen LogP contribution is -2.04. The van der Waals surface area contributed by atoms with Crippen LogP contribution in [0.1, 0.15) is 25.5 Å². The molecule has 0 radical (unpaired) electrons. The van der Waals surface area contributed by atoms with E-state index in [0.29, 0.717) is 5.13 Å². The molecule has 0 aliphatic carbocycles. The molecular formula is C7H10N2OS. The maximum Gasteiger partial charge on any atom is 0.180 e. The molecule has 0 spiro atoms. The highest BCUT2D eigenvalue weighted by atomic mass is 32.1. The van der Waals surface area contributed by atoms with Gasteiger partial charge in [-0.15, -0.1) is 11.3 Å². The summed E-state index contributed by atoms with van der Waals surface area (Å²) in [6, 6.07) is 0. The fourth-order valence-electron chi connectivity index (χ4n) is 0.708. The molecule has 1 heterocycles. The number of Topliss-reactive ketones (excluding diaryl/α,β-unsaturated/α-hetero) is 1. The quantitative estimate of drug-likeness (QED) is 0.730. The highest BCUT2D eigenvalue weighted by Crippen LogP contribution is 2.19. The third-order valence-corrected chi connectivity index (χ3v) is 2.29. The van der Waals surface area contributed by atoms with E-state index in [4.69, 9.17) is 5.73 Å². The van der Waals surface area contributed by atoms with E-state index in [1.807, 2.05) is 12.3 Å². The number of thiazole rings is 1. The predicted octanol–water partition coefficient (Wildman–Crippen LogP) is 1.42. The first kappa shape index (κ1) is 8.20. The van der Waals surface area contributed by atoms with Crippen LogP contribution in [0, 0.1) is 0 Å². The molecule has 1 atom stereocenters. The number of carbonyl (C=O) groups excluding carboxylic acids is 1. The summed E-state index contributed by atoms with van der Waals surface area (Å²) in [5.41, 5.74) is 6.19. The Balaban J connectivity index is 2.84. The van der Waals surface area contributed by atoms with Crippen LogP contribution in [0.15, 0.2) is 5.38 Å². The second kappa shape index (κ2) is 3.00. The highest BCUT2D eigenvalue weighted by molar-refractivity contribution is 7.13. The number of nitrogens with zero attached hydrogens (tertiary/aromatic N) is 1. The van der Waals surface area contributed by atoms with E-state index in [0.717, 1.165) is 5.69 Å². The molecule has 11 heavy (non-hydrogen) atoms. The van der Waals surface area contributed by atoms with Crippen LogP contribution in [-0.2, 0) is 4.79 Å². The zero-order chi connectivity index (χ0) is 8.43. The summed E-state index contributed by atoms with van der Waals surface area (Å²) in [5.74, 6) is -0.00106. The van der Waals surface area contributed by atoms with Crippen molar-refractivity contribution in [1.29, 1.82) is 0 Å². The van der Waals surface area contributed by atoms with Gasteiger partial charge in [-0.1, -0.05) is 0 Å². The summed E-state index contributed by atoms with van der Waals surface area (Å²) in [4.78, 5) is 14.9. The maximum atomic E-state index is 10.9. The Kier molecular flexibility index (Phi) is 2.24. The molecule has 0 amide bonds. The Labute approximate surface area is 69.3 Å². The Hall–Kier alpha value is -0.900. The second-order valence-corrected chi connectivity index (χ2v) is 3.33. The fraction of sp³-hybridized carbons (Fsp3) is 0.429. The number of nitrogen functional groups attached to an aromatic ring is 1. The van der Waals surface area contributed by atoms with E-state index in [2.05, 4.69) is 4.98 Å². The van der Waals surface area contributed by atoms with Crippen LogP contribution in [-0.4, -0.2) is 10.8 Å². The van der Waals surface area contributed by atoms with Crippen LogP contribution in [0.4, 0.5) is 5.13 Å². The predicted molar refractivity (Wildman–Crippen MR) is 45.6 cm³/mol. The van der Waals surface area contributed by atoms with Crippen molar-refractivity contribution in [2.75, 3.05) is 5.73 Å². The number of carbonyl (C=O) groups is 1. The molecule has 0 saturated carbocycles. The van der Waals surface area contributed by atoms with Gasteiger partial charge in [0.05, 0.1) is 11.6 Å². The molecule has 1 aromatic heterocycles. The summed E-state index contributed by atoms with van der Waals surface area (Å²) < 4.78 is 0. The van der Waals surface area contributed by atoms with Crippen molar-refractivity contribution in [3.63, 3.8) is 0 Å². The van der Waals surface area contributed by atoms with Crippen molar-refractivity contribution in [2.45, 2.75) is 19.8 Å². The Morgan fingerprint density at radius 3 is 2.82 bits per heavy atom. The number of anilines is 1. The van der Waals surface area contributed by atoms with E-state index < -0.39 is 0 Å². The Morgan fingerprint density at radius 1 is 1.82 bits per heavy atom. The molecule has 3 nitrogen and oxygen atoms in total.